The Morgan fingerprint density at radius 3 is 2.88 bits per heavy atom. The van der Waals surface area contributed by atoms with Gasteiger partial charge in [-0.05, 0) is 60.3 Å². The molecule has 0 amide bonds. The molecule has 0 aliphatic carbocycles. The first kappa shape index (κ1) is 11.9. The molecule has 3 nitrogen and oxygen atoms in total. The van der Waals surface area contributed by atoms with E-state index in [1.54, 1.807) is 6.07 Å². The Labute approximate surface area is 104 Å². The summed E-state index contributed by atoms with van der Waals surface area (Å²) in [5.74, 6) is 0.633. The predicted molar refractivity (Wildman–Crippen MR) is 68.7 cm³/mol. The third kappa shape index (κ3) is 2.74. The first-order chi connectivity index (χ1) is 7.66. The molecule has 16 heavy (non-hydrogen) atoms. The van der Waals surface area contributed by atoms with Crippen LogP contribution < -0.4 is 10.9 Å². The molecule has 1 N–H and O–H groups in total. The van der Waals surface area contributed by atoms with Crippen LogP contribution in [0.15, 0.2) is 21.5 Å². The molecule has 0 atom stereocenters. The lowest BCUT2D eigenvalue weighted by atomic mass is 9.98. The highest BCUT2D eigenvalue weighted by atomic mass is 79.9. The number of nitrogens with one attached hydrogen (secondary N) is 1. The number of hydrogen-bond acceptors (Lipinski definition) is 2. The average molecular weight is 285 g/mol. The molecular weight excluding hydrogens is 268 g/mol. The zero-order valence-corrected chi connectivity index (χ0v) is 11.1. The molecule has 1 fully saturated rings. The molecule has 4 heteroatoms. The number of rotatable bonds is 2. The van der Waals surface area contributed by atoms with Gasteiger partial charge < -0.3 is 9.88 Å². The highest BCUT2D eigenvalue weighted by Gasteiger charge is 2.14. The zero-order valence-electron chi connectivity index (χ0n) is 9.50. The van der Waals surface area contributed by atoms with Gasteiger partial charge in [-0.15, -0.1) is 0 Å². The van der Waals surface area contributed by atoms with Gasteiger partial charge in [-0.1, -0.05) is 0 Å². The van der Waals surface area contributed by atoms with Gasteiger partial charge in [0.15, 0.2) is 0 Å². The van der Waals surface area contributed by atoms with E-state index in [4.69, 9.17) is 0 Å². The van der Waals surface area contributed by atoms with Gasteiger partial charge in [0, 0.05) is 23.3 Å². The predicted octanol–water partition coefficient (Wildman–Crippen LogP) is 1.92. The second-order valence-corrected chi connectivity index (χ2v) is 5.34. The summed E-state index contributed by atoms with van der Waals surface area (Å²) in [4.78, 5) is 11.8. The smallest absolute Gasteiger partial charge is 0.250 e. The lowest BCUT2D eigenvalue weighted by molar-refractivity contribution is 0.329. The third-order valence-corrected chi connectivity index (χ3v) is 4.01. The number of halogens is 1. The fourth-order valence-electron chi connectivity index (χ4n) is 2.12. The van der Waals surface area contributed by atoms with Crippen molar-refractivity contribution in [3.63, 3.8) is 0 Å². The summed E-state index contributed by atoms with van der Waals surface area (Å²) >= 11 is 3.47. The Hall–Kier alpha value is -0.610. The fraction of sp³-hybridized carbons (Fsp3) is 0.583. The van der Waals surface area contributed by atoms with Gasteiger partial charge in [-0.3, -0.25) is 4.79 Å². The van der Waals surface area contributed by atoms with Crippen LogP contribution in [-0.2, 0) is 6.54 Å². The number of piperidine rings is 1. The maximum Gasteiger partial charge on any atom is 0.250 e. The first-order valence-corrected chi connectivity index (χ1v) is 6.53. The molecule has 2 rings (SSSR count). The van der Waals surface area contributed by atoms with Gasteiger partial charge in [0.25, 0.3) is 5.56 Å². The number of aryl methyl sites for hydroxylation is 1. The van der Waals surface area contributed by atoms with Crippen LogP contribution in [0.1, 0.15) is 18.4 Å². The monoisotopic (exact) mass is 284 g/mol. The first-order valence-electron chi connectivity index (χ1n) is 5.74. The van der Waals surface area contributed by atoms with E-state index >= 15 is 0 Å². The van der Waals surface area contributed by atoms with Crippen molar-refractivity contribution in [2.75, 3.05) is 13.1 Å². The topological polar surface area (TPSA) is 34.0 Å². The maximum atomic E-state index is 11.8. The van der Waals surface area contributed by atoms with E-state index < -0.39 is 0 Å². The molecule has 1 saturated heterocycles. The number of hydrogen-bond donors (Lipinski definition) is 1. The van der Waals surface area contributed by atoms with Gasteiger partial charge >= 0.3 is 0 Å². The average Bonchev–Trinajstić information content (AvgIpc) is 2.27. The minimum atomic E-state index is 0.110. The Balaban J connectivity index is 2.14. The van der Waals surface area contributed by atoms with Crippen molar-refractivity contribution in [1.82, 2.24) is 9.88 Å². The van der Waals surface area contributed by atoms with Crippen molar-refractivity contribution in [3.8, 4) is 0 Å². The van der Waals surface area contributed by atoms with E-state index in [1.807, 2.05) is 17.7 Å². The summed E-state index contributed by atoms with van der Waals surface area (Å²) in [5.41, 5.74) is 1.12. The van der Waals surface area contributed by atoms with Crippen molar-refractivity contribution < 1.29 is 0 Å². The van der Waals surface area contributed by atoms with E-state index in [2.05, 4.69) is 21.2 Å². The summed E-state index contributed by atoms with van der Waals surface area (Å²) in [6.07, 6.45) is 4.25. The minimum absolute atomic E-state index is 0.110. The summed E-state index contributed by atoms with van der Waals surface area (Å²) in [5, 5.41) is 3.34. The minimum Gasteiger partial charge on any atom is -0.317 e. The second kappa shape index (κ2) is 5.15. The Morgan fingerprint density at radius 1 is 1.50 bits per heavy atom. The van der Waals surface area contributed by atoms with E-state index in [1.165, 1.54) is 0 Å². The lowest BCUT2D eigenvalue weighted by Crippen LogP contribution is -2.32. The largest absolute Gasteiger partial charge is 0.317 e. The zero-order chi connectivity index (χ0) is 11.5. The summed E-state index contributed by atoms with van der Waals surface area (Å²) in [6, 6.07) is 1.70. The SMILES string of the molecule is Cc1cc(=O)n(CC2CCNCC2)cc1Br. The van der Waals surface area contributed by atoms with Crippen molar-refractivity contribution >= 4 is 15.9 Å². The van der Waals surface area contributed by atoms with Crippen LogP contribution in [0.4, 0.5) is 0 Å². The van der Waals surface area contributed by atoms with Crippen molar-refractivity contribution in [2.24, 2.45) is 5.92 Å². The van der Waals surface area contributed by atoms with Crippen LogP contribution >= 0.6 is 15.9 Å². The molecule has 0 unspecified atom stereocenters. The van der Waals surface area contributed by atoms with Crippen LogP contribution in [0.2, 0.25) is 0 Å². The molecule has 0 spiro atoms. The summed E-state index contributed by atoms with van der Waals surface area (Å²) in [6.45, 7) is 4.94. The molecule has 0 saturated carbocycles. The standard InChI is InChI=1S/C12H17BrN2O/c1-9-6-12(16)15(8-11(9)13)7-10-2-4-14-5-3-10/h6,8,10,14H,2-5,7H2,1H3. The Kier molecular flexibility index (Phi) is 3.82. The van der Waals surface area contributed by atoms with E-state index in [9.17, 15) is 4.79 Å². The number of nitrogens with zero attached hydrogens (tertiary/aromatic N) is 1. The van der Waals surface area contributed by atoms with Crippen LogP contribution in [0, 0.1) is 12.8 Å². The van der Waals surface area contributed by atoms with Crippen LogP contribution in [0.5, 0.6) is 0 Å². The lowest BCUT2D eigenvalue weighted by Gasteiger charge is -2.23. The highest BCUT2D eigenvalue weighted by molar-refractivity contribution is 9.10. The summed E-state index contributed by atoms with van der Waals surface area (Å²) < 4.78 is 2.84. The molecule has 1 aromatic rings. The van der Waals surface area contributed by atoms with Crippen molar-refractivity contribution in [1.29, 1.82) is 0 Å². The number of aromatic nitrogens is 1. The normalized spacial score (nSPS) is 17.6. The van der Waals surface area contributed by atoms with Crippen molar-refractivity contribution in [2.45, 2.75) is 26.3 Å². The molecule has 1 aliphatic rings. The Bertz CT molecular complexity index is 422. The van der Waals surface area contributed by atoms with E-state index in [0.29, 0.717) is 5.92 Å². The Morgan fingerprint density at radius 2 is 2.19 bits per heavy atom. The quantitative estimate of drug-likeness (QED) is 0.900. The second-order valence-electron chi connectivity index (χ2n) is 4.49. The van der Waals surface area contributed by atoms with Gasteiger partial charge in [0.2, 0.25) is 0 Å². The van der Waals surface area contributed by atoms with Crippen LogP contribution in [0.3, 0.4) is 0 Å². The van der Waals surface area contributed by atoms with Crippen molar-refractivity contribution in [3.05, 3.63) is 32.7 Å². The summed E-state index contributed by atoms with van der Waals surface area (Å²) in [7, 11) is 0. The molecule has 1 aliphatic heterocycles. The van der Waals surface area contributed by atoms with Gasteiger partial charge in [0.1, 0.15) is 0 Å². The molecule has 2 heterocycles. The van der Waals surface area contributed by atoms with E-state index in [0.717, 1.165) is 42.5 Å². The maximum absolute atomic E-state index is 11.8. The third-order valence-electron chi connectivity index (χ3n) is 3.18. The molecule has 0 aromatic carbocycles. The van der Waals surface area contributed by atoms with E-state index in [-0.39, 0.29) is 5.56 Å². The highest BCUT2D eigenvalue weighted by Crippen LogP contribution is 2.16. The van der Waals surface area contributed by atoms with Crippen LogP contribution in [0.25, 0.3) is 0 Å². The fourth-order valence-corrected chi connectivity index (χ4v) is 2.49. The molecule has 1 aromatic heterocycles. The molecule has 0 radical (unpaired) electrons. The molecule has 0 bridgehead atoms. The molecular formula is C12H17BrN2O. The van der Waals surface area contributed by atoms with Gasteiger partial charge in [0.05, 0.1) is 0 Å². The molecule has 88 valence electrons. The van der Waals surface area contributed by atoms with Gasteiger partial charge in [-0.2, -0.15) is 0 Å². The van der Waals surface area contributed by atoms with Gasteiger partial charge in [-0.25, -0.2) is 0 Å². The number of pyridine rings is 1. The van der Waals surface area contributed by atoms with Crippen LogP contribution in [-0.4, -0.2) is 17.7 Å².